The summed E-state index contributed by atoms with van der Waals surface area (Å²) in [5.74, 6) is -4.78. The molecule has 16 bridgehead atoms. The Hall–Kier alpha value is -5.48. The molecule has 0 spiro atoms. The van der Waals surface area contributed by atoms with Gasteiger partial charge in [0.25, 0.3) is 0 Å². The summed E-state index contributed by atoms with van der Waals surface area (Å²) in [4.78, 5) is 82.4. The van der Waals surface area contributed by atoms with Gasteiger partial charge in [-0.3, -0.25) is 0 Å². The Morgan fingerprint density at radius 2 is 0.632 bits per heavy atom. The number of H-pyrrole nitrogens is 4. The maximum Gasteiger partial charge on any atom is 1.00 e. The second-order valence-corrected chi connectivity index (χ2v) is 21.6. The van der Waals surface area contributed by atoms with Crippen molar-refractivity contribution in [2.75, 3.05) is 13.2 Å². The number of fused-ring (bicyclic) bond motifs is 16. The van der Waals surface area contributed by atoms with Gasteiger partial charge < -0.3 is 64.3 Å². The number of aryl methyl sites for hydroxylation is 6. The molecule has 0 aliphatic carbocycles. The van der Waals surface area contributed by atoms with Gasteiger partial charge in [-0.05, 0) is 222 Å². The van der Waals surface area contributed by atoms with Crippen LogP contribution in [0, 0.1) is 27.7 Å². The molecule has 10 rings (SSSR count). The monoisotopic (exact) mass is 1200 g/mol. The smallest absolute Gasteiger partial charge is 0.550 e. The molecule has 0 saturated carbocycles. The zero-order chi connectivity index (χ0) is 59.3. The van der Waals surface area contributed by atoms with Gasteiger partial charge in [-0.1, -0.05) is 25.3 Å². The van der Waals surface area contributed by atoms with Crippen LogP contribution in [-0.2, 0) is 36.8 Å². The number of hydrogen-bond donors (Lipinski definition) is 4. The van der Waals surface area contributed by atoms with Gasteiger partial charge in [0.05, 0.1) is 58.8 Å². The van der Waals surface area contributed by atoms with E-state index in [1.54, 1.807) is 12.2 Å². The normalized spacial score (nSPS) is 12.8. The van der Waals surface area contributed by atoms with E-state index >= 15 is 0 Å². The fourth-order valence-corrected chi connectivity index (χ4v) is 11.7. The predicted octanol–water partition coefficient (Wildman–Crippen LogP) is -3.66. The van der Waals surface area contributed by atoms with Crippen molar-refractivity contribution in [2.45, 2.75) is 107 Å². The first kappa shape index (κ1) is 70.6. The van der Waals surface area contributed by atoms with Crippen molar-refractivity contribution in [1.82, 2.24) is 39.9 Å². The minimum absolute atomic E-state index is 0. The molecule has 10 heterocycles. The minimum Gasteiger partial charge on any atom is -0.550 e. The summed E-state index contributed by atoms with van der Waals surface area (Å²) in [6.45, 7) is 24.2. The molecule has 0 amide bonds. The van der Waals surface area contributed by atoms with Crippen LogP contribution in [0.4, 0.5) is 0 Å². The summed E-state index contributed by atoms with van der Waals surface area (Å²) in [5.41, 5.74) is 23.7. The molecule has 424 valence electrons. The molecule has 0 aromatic carbocycles. The van der Waals surface area contributed by atoms with Crippen LogP contribution >= 0.6 is 0 Å². The Kier molecular flexibility index (Phi) is 23.9. The number of rotatable bonds is 18. The fraction of sp³-hybridized carbons (Fsp3) is 0.273. The first-order valence-corrected chi connectivity index (χ1v) is 27.5. The number of carbonyl (C=O) groups excluding carboxylic acids is 4. The van der Waals surface area contributed by atoms with E-state index in [1.807, 2.05) is 104 Å². The molecule has 87 heavy (non-hydrogen) atoms. The molecule has 21 heteroatoms. The van der Waals surface area contributed by atoms with Gasteiger partial charge in [-0.2, -0.15) is 0 Å². The summed E-state index contributed by atoms with van der Waals surface area (Å²) in [6.07, 6.45) is 3.32. The number of allylic oxidation sites excluding steroid dienone is 6. The molecule has 0 atom stereocenters. The Morgan fingerprint density at radius 1 is 0.379 bits per heavy atom. The van der Waals surface area contributed by atoms with E-state index in [0.29, 0.717) is 67.6 Å². The molecule has 0 saturated heterocycles. The summed E-state index contributed by atoms with van der Waals surface area (Å²) in [7, 11) is 0. The molecular formula is C66H62N8Na4O9. The van der Waals surface area contributed by atoms with Gasteiger partial charge in [-0.15, -0.1) is 0 Å². The van der Waals surface area contributed by atoms with Crippen LogP contribution in [0.15, 0.2) is 61.7 Å². The van der Waals surface area contributed by atoms with E-state index in [1.165, 1.54) is 0 Å². The van der Waals surface area contributed by atoms with Crippen molar-refractivity contribution >= 4 is 125 Å². The zero-order valence-corrected chi connectivity index (χ0v) is 59.7. The number of ether oxygens (including phenoxy) is 1. The Labute approximate surface area is 592 Å². The Morgan fingerprint density at radius 3 is 0.954 bits per heavy atom. The zero-order valence-electron chi connectivity index (χ0n) is 51.7. The second kappa shape index (κ2) is 29.4. The van der Waals surface area contributed by atoms with Crippen LogP contribution < -0.4 is 139 Å². The number of hydrogen-bond acceptors (Lipinski definition) is 13. The van der Waals surface area contributed by atoms with Crippen molar-refractivity contribution in [3.63, 3.8) is 0 Å². The number of nitrogens with zero attached hydrogens (tertiary/aromatic N) is 4. The van der Waals surface area contributed by atoms with E-state index in [4.69, 9.17) is 24.7 Å². The van der Waals surface area contributed by atoms with Crippen molar-refractivity contribution in [3.8, 4) is 0 Å². The number of carbonyl (C=O) groups is 4. The molecule has 4 aliphatic rings. The number of aliphatic carboxylic acids is 4. The number of aromatic amines is 4. The molecule has 6 aromatic heterocycles. The third kappa shape index (κ3) is 14.6. The van der Waals surface area contributed by atoms with E-state index in [2.05, 4.69) is 33.1 Å². The quantitative estimate of drug-likeness (QED) is 0.0605. The van der Waals surface area contributed by atoms with Crippen LogP contribution in [0.5, 0.6) is 0 Å². The summed E-state index contributed by atoms with van der Waals surface area (Å²) < 4.78 is 6.83. The third-order valence-electron chi connectivity index (χ3n) is 16.7. The van der Waals surface area contributed by atoms with Crippen molar-refractivity contribution in [3.05, 3.63) is 152 Å². The SMILES string of the molecule is C=Cc1c(C)c2cc3nc(cc4[nH]c(cc5nc(cc1[nH]2)C(C)=C5COCC1=C(C)c2cc5[nH]c(cc6nc(cc7[nH]c(cc1n2)c(C)c7CCC(=O)[O-])C(CCC(=O)[O-])=C6C)c(C)c5C=C)c(C)c4CCC(=O)[O-])C(CCC(=O)[O-])=C3C.[Na+].[Na+].[Na+].[Na+]. The van der Waals surface area contributed by atoms with E-state index < -0.39 is 23.9 Å². The summed E-state index contributed by atoms with van der Waals surface area (Å²) in [5, 5.41) is 47.5. The molecule has 0 unspecified atom stereocenters. The van der Waals surface area contributed by atoms with E-state index in [9.17, 15) is 39.6 Å². The summed E-state index contributed by atoms with van der Waals surface area (Å²) >= 11 is 0. The molecule has 4 aliphatic heterocycles. The first-order chi connectivity index (χ1) is 39.6. The van der Waals surface area contributed by atoms with Gasteiger partial charge in [0.1, 0.15) is 0 Å². The largest absolute Gasteiger partial charge is 1.00 e. The van der Waals surface area contributed by atoms with Crippen molar-refractivity contribution in [1.29, 1.82) is 0 Å². The van der Waals surface area contributed by atoms with Crippen molar-refractivity contribution < 1.29 is 163 Å². The van der Waals surface area contributed by atoms with Gasteiger partial charge in [0.15, 0.2) is 0 Å². The number of aromatic nitrogens is 8. The topological polar surface area (TPSA) is 284 Å². The van der Waals surface area contributed by atoms with Gasteiger partial charge in [-0.25, -0.2) is 19.9 Å². The number of carboxylic acids is 4. The molecule has 0 radical (unpaired) electrons. The van der Waals surface area contributed by atoms with Crippen LogP contribution in [0.1, 0.15) is 156 Å². The maximum absolute atomic E-state index is 12.0. The molecule has 17 nitrogen and oxygen atoms in total. The van der Waals surface area contributed by atoms with Crippen LogP contribution in [0.2, 0.25) is 0 Å². The Bertz CT molecular complexity index is 4090. The molecular weight excluding hydrogens is 1140 g/mol. The molecule has 6 aromatic rings. The van der Waals surface area contributed by atoms with Crippen LogP contribution in [-0.4, -0.2) is 77.0 Å². The number of nitrogens with one attached hydrogen (secondary N) is 4. The van der Waals surface area contributed by atoms with Crippen LogP contribution in [0.25, 0.3) is 101 Å². The maximum atomic E-state index is 12.0. The number of carboxylic acid groups (broad SMARTS) is 4. The average molecular weight is 1200 g/mol. The average Bonchev–Trinajstić information content (AvgIpc) is 1.83. The van der Waals surface area contributed by atoms with Crippen LogP contribution in [0.3, 0.4) is 0 Å². The van der Waals surface area contributed by atoms with Crippen molar-refractivity contribution in [2.24, 2.45) is 0 Å². The van der Waals surface area contributed by atoms with Gasteiger partial charge in [0, 0.05) is 90.3 Å². The molecule has 4 N–H and O–H groups in total. The van der Waals surface area contributed by atoms with Gasteiger partial charge in [0.2, 0.25) is 0 Å². The minimum atomic E-state index is -1.20. The standard InChI is InChI=1S/C66H66N8O9.4Na/c1-11-39-31(3)47-21-49-33(5)41(13-17-63(75)76)57(69-49)27-59-43(15-19-65(79)80)35(7)51(71-59)25-61-45(37(9)53(73-61)23-55(39)67-47)29-83-30-46-38(10)54-24-56-40(12-2)32(4)48(68-56)22-50-34(6)42(14-18-64(77)78)58(70-50)28-60-44(16-20-66(81)82)36(8)52(72-60)26-62(46)74-54;;;;/h11-12,21-28,67-68,71-72H,1-2,13-20,29-30H2,3-10H3,(H,75,76)(H,77,78)(H,79,80)(H,81,82);;;;/q;4*+1/p-4. The Balaban J connectivity index is 0.00000302. The fourth-order valence-electron chi connectivity index (χ4n) is 11.7. The molecule has 0 fully saturated rings. The first-order valence-electron chi connectivity index (χ1n) is 27.5. The van der Waals surface area contributed by atoms with E-state index in [0.717, 1.165) is 111 Å². The predicted molar refractivity (Wildman–Crippen MR) is 317 cm³/mol. The summed E-state index contributed by atoms with van der Waals surface area (Å²) in [6, 6.07) is 15.4. The third-order valence-corrected chi connectivity index (χ3v) is 16.7. The van der Waals surface area contributed by atoms with Gasteiger partial charge >= 0.3 is 118 Å². The van der Waals surface area contributed by atoms with E-state index in [-0.39, 0.29) is 183 Å². The second-order valence-electron chi connectivity index (χ2n) is 21.6.